The lowest BCUT2D eigenvalue weighted by Gasteiger charge is -2.38. The number of likely N-dealkylation sites (tertiary alicyclic amines) is 1. The topological polar surface area (TPSA) is 209 Å². The van der Waals surface area contributed by atoms with Crippen molar-refractivity contribution in [1.82, 2.24) is 4.90 Å². The number of ketones is 1. The zero-order valence-corrected chi connectivity index (χ0v) is 37.1. The molecule has 1 fully saturated rings. The number of Topliss-reactive ketones (excluding diaryl/α,β-unsaturated/α-hetero) is 1. The van der Waals surface area contributed by atoms with Crippen LogP contribution < -0.4 is 20.8 Å². The number of esters is 1. The standard InChI is InChI=1S/C46H62N4O11/c1-22(2)21-50-18-16-46(17-19-50)48-34-31-32-39(54)28(8)42-33(31)43(56)45(10,61-42)59-20-15-30(58-11)25(5)41(60-29(9)51)27(7)38(53)26(6)37(52)23(3)13-12-14-24(4)44(57)47-36(40(32)55)35(34)49-46/h12-15,20,22-23,25-27,30,37-38,41,52-55H,16-19,21H2,1-11H3,(H,47,57). The summed E-state index contributed by atoms with van der Waals surface area (Å²) in [6, 6.07) is 0. The first-order valence-electron chi connectivity index (χ1n) is 21.2. The van der Waals surface area contributed by atoms with Gasteiger partial charge in [0.25, 0.3) is 11.7 Å². The number of fused-ring (bicyclic) bond motifs is 1. The quantitative estimate of drug-likeness (QED) is 0.209. The Morgan fingerprint density at radius 1 is 0.967 bits per heavy atom. The van der Waals surface area contributed by atoms with E-state index in [9.17, 15) is 34.8 Å². The van der Waals surface area contributed by atoms with Crippen molar-refractivity contribution in [2.45, 2.75) is 118 Å². The highest BCUT2D eigenvalue weighted by molar-refractivity contribution is 6.19. The molecule has 2 aromatic rings. The molecule has 15 heteroatoms. The van der Waals surface area contributed by atoms with Crippen molar-refractivity contribution in [3.05, 3.63) is 58.0 Å². The molecule has 1 amide bonds. The Balaban J connectivity index is 1.54. The van der Waals surface area contributed by atoms with Crippen molar-refractivity contribution in [3.63, 3.8) is 0 Å². The van der Waals surface area contributed by atoms with Gasteiger partial charge in [-0.1, -0.05) is 59.8 Å². The molecule has 6 rings (SSSR count). The van der Waals surface area contributed by atoms with Gasteiger partial charge in [-0.2, -0.15) is 0 Å². The molecule has 1 spiro atoms. The summed E-state index contributed by atoms with van der Waals surface area (Å²) in [7, 11) is 1.47. The molecule has 332 valence electrons. The molecule has 4 aliphatic heterocycles. The minimum Gasteiger partial charge on any atom is -0.507 e. The van der Waals surface area contributed by atoms with Gasteiger partial charge < -0.3 is 49.6 Å². The van der Waals surface area contributed by atoms with Crippen molar-refractivity contribution in [1.29, 1.82) is 0 Å². The third-order valence-electron chi connectivity index (χ3n) is 12.9. The van der Waals surface area contributed by atoms with E-state index in [1.54, 1.807) is 65.8 Å². The summed E-state index contributed by atoms with van der Waals surface area (Å²) in [6.45, 7) is 19.5. The van der Waals surface area contributed by atoms with Gasteiger partial charge in [0.1, 0.15) is 28.6 Å². The van der Waals surface area contributed by atoms with E-state index in [-0.39, 0.29) is 55.4 Å². The molecule has 15 nitrogen and oxygen atoms in total. The Kier molecular flexibility index (Phi) is 13.1. The highest BCUT2D eigenvalue weighted by Crippen LogP contribution is 2.50. The molecule has 1 saturated heterocycles. The fourth-order valence-electron chi connectivity index (χ4n) is 9.20. The van der Waals surface area contributed by atoms with E-state index >= 15 is 0 Å². The second-order valence-electron chi connectivity index (χ2n) is 18.0. The molecule has 9 unspecified atom stereocenters. The molecule has 0 saturated carbocycles. The molecule has 5 N–H and O–H groups in total. The number of anilines is 1. The number of benzene rings is 2. The number of phenolic OH excluding ortho intramolecular Hbond substituents is 2. The molecule has 2 aromatic carbocycles. The second kappa shape index (κ2) is 17.5. The number of piperidine rings is 1. The number of aliphatic hydroxyl groups is 2. The summed E-state index contributed by atoms with van der Waals surface area (Å²) in [6.07, 6.45) is 5.04. The van der Waals surface area contributed by atoms with Crippen LogP contribution in [-0.2, 0) is 23.8 Å². The first-order chi connectivity index (χ1) is 28.6. The largest absolute Gasteiger partial charge is 0.507 e. The lowest BCUT2D eigenvalue weighted by molar-refractivity contribution is -0.160. The van der Waals surface area contributed by atoms with Gasteiger partial charge in [0.05, 0.1) is 40.9 Å². The van der Waals surface area contributed by atoms with Crippen molar-refractivity contribution in [2.75, 3.05) is 32.1 Å². The Labute approximate surface area is 356 Å². The second-order valence-corrected chi connectivity index (χ2v) is 18.0. The highest BCUT2D eigenvalue weighted by atomic mass is 16.7. The van der Waals surface area contributed by atoms with E-state index in [1.165, 1.54) is 27.2 Å². The Morgan fingerprint density at radius 2 is 1.62 bits per heavy atom. The number of ether oxygens (including phenoxy) is 4. The van der Waals surface area contributed by atoms with Gasteiger partial charge in [-0.15, -0.1) is 0 Å². The van der Waals surface area contributed by atoms with Gasteiger partial charge in [0, 0.05) is 93.6 Å². The van der Waals surface area contributed by atoms with Gasteiger partial charge >= 0.3 is 11.8 Å². The molecular formula is C46H62N4O11. The number of phenols is 2. The number of carbonyl (C=O) groups is 3. The number of nitrogens with zero attached hydrogens (tertiary/aromatic N) is 3. The summed E-state index contributed by atoms with van der Waals surface area (Å²) in [4.78, 5) is 53.7. The van der Waals surface area contributed by atoms with Crippen molar-refractivity contribution >= 4 is 34.1 Å². The van der Waals surface area contributed by atoms with E-state index in [1.807, 2.05) is 0 Å². The summed E-state index contributed by atoms with van der Waals surface area (Å²) in [5, 5.41) is 50.2. The van der Waals surface area contributed by atoms with Crippen molar-refractivity contribution < 1.29 is 53.8 Å². The predicted octanol–water partition coefficient (Wildman–Crippen LogP) is 4.75. The van der Waals surface area contributed by atoms with E-state index in [4.69, 9.17) is 28.9 Å². The Hall–Kier alpha value is -4.83. The number of nitrogens with one attached hydrogen (secondary N) is 1. The third-order valence-corrected chi connectivity index (χ3v) is 12.9. The van der Waals surface area contributed by atoms with Crippen molar-refractivity contribution in [2.24, 2.45) is 39.6 Å². The van der Waals surface area contributed by atoms with Crippen molar-refractivity contribution in [3.8, 4) is 17.2 Å². The van der Waals surface area contributed by atoms with Gasteiger partial charge in [-0.25, -0.2) is 0 Å². The first-order valence-corrected chi connectivity index (χ1v) is 21.2. The van der Waals surface area contributed by atoms with E-state index in [0.29, 0.717) is 31.8 Å². The van der Waals surface area contributed by atoms with Crippen LogP contribution in [0.15, 0.2) is 46.1 Å². The molecule has 61 heavy (non-hydrogen) atoms. The zero-order chi connectivity index (χ0) is 44.9. The van der Waals surface area contributed by atoms with Crippen LogP contribution >= 0.6 is 0 Å². The minimum absolute atomic E-state index is 0.0364. The van der Waals surface area contributed by atoms with Crippen LogP contribution in [0.25, 0.3) is 10.8 Å². The number of amides is 1. The number of hydrogen-bond donors (Lipinski definition) is 5. The lowest BCUT2D eigenvalue weighted by Crippen LogP contribution is -2.46. The highest BCUT2D eigenvalue weighted by Gasteiger charge is 2.50. The number of aliphatic hydroxyl groups excluding tert-OH is 2. The first kappa shape index (κ1) is 45.7. The van der Waals surface area contributed by atoms with E-state index in [2.05, 4.69) is 24.1 Å². The number of hydrogen-bond acceptors (Lipinski definition) is 14. The number of methoxy groups -OCH3 is 1. The molecule has 0 aromatic heterocycles. The Bertz CT molecular complexity index is 2300. The van der Waals surface area contributed by atoms with Gasteiger partial charge in [-0.05, 0) is 25.8 Å². The maximum atomic E-state index is 14.7. The molecule has 0 aliphatic carbocycles. The molecular weight excluding hydrogens is 785 g/mol. The maximum absolute atomic E-state index is 14.7. The molecule has 4 bridgehead atoms. The summed E-state index contributed by atoms with van der Waals surface area (Å²) >= 11 is 0. The van der Waals surface area contributed by atoms with Gasteiger partial charge in [0.15, 0.2) is 11.4 Å². The molecule has 0 radical (unpaired) electrons. The normalized spacial score (nSPS) is 30.8. The smallest absolute Gasteiger partial charge is 0.312 e. The van der Waals surface area contributed by atoms with Gasteiger partial charge in [0.2, 0.25) is 0 Å². The zero-order valence-electron chi connectivity index (χ0n) is 37.1. The Morgan fingerprint density at radius 3 is 2.25 bits per heavy atom. The van der Waals surface area contributed by atoms with Crippen LogP contribution in [-0.4, -0.2) is 106 Å². The predicted molar refractivity (Wildman–Crippen MR) is 228 cm³/mol. The average Bonchev–Trinajstić information content (AvgIpc) is 3.71. The van der Waals surface area contributed by atoms with Crippen LogP contribution in [0.1, 0.15) is 91.1 Å². The summed E-state index contributed by atoms with van der Waals surface area (Å²) in [5.74, 6) is -6.44. The number of rotatable bonds is 4. The fourth-order valence-corrected chi connectivity index (χ4v) is 9.20. The van der Waals surface area contributed by atoms with Crippen LogP contribution in [0.2, 0.25) is 0 Å². The summed E-state index contributed by atoms with van der Waals surface area (Å²) in [5.41, 5.74) is -0.572. The van der Waals surface area contributed by atoms with E-state index in [0.717, 1.165) is 6.54 Å². The monoisotopic (exact) mass is 846 g/mol. The van der Waals surface area contributed by atoms with Crippen LogP contribution in [0, 0.1) is 36.5 Å². The molecule has 4 aliphatic rings. The van der Waals surface area contributed by atoms with Gasteiger partial charge in [-0.3, -0.25) is 24.4 Å². The maximum Gasteiger partial charge on any atom is 0.312 e. The van der Waals surface area contributed by atoms with Crippen LogP contribution in [0.3, 0.4) is 0 Å². The average molecular weight is 847 g/mol. The number of allylic oxidation sites excluding steroid dienone is 2. The van der Waals surface area contributed by atoms with Crippen LogP contribution in [0.4, 0.5) is 5.69 Å². The minimum atomic E-state index is -1.96. The molecule has 4 heterocycles. The van der Waals surface area contributed by atoms with Crippen LogP contribution in [0.5, 0.6) is 17.2 Å². The lowest BCUT2D eigenvalue weighted by atomic mass is 9.78. The molecule has 9 atom stereocenters. The summed E-state index contributed by atoms with van der Waals surface area (Å²) < 4.78 is 24.0. The SMILES string of the molecule is COC1C=COC2(C)Oc3c(C)c(O)c4c(O)c(c5c(c4c3C2=O)=NC2(CCN(CC(C)C)CC2)N=5)NC(=O)C(C)=CC=CC(C)C(O)C(C)C(O)C(C)C(OC(C)=O)C1C. The number of aromatic hydroxyl groups is 2. The fraction of sp³-hybridized carbons (Fsp3) is 0.587. The van der Waals surface area contributed by atoms with E-state index < -0.39 is 82.9 Å². The number of carbonyl (C=O) groups excluding carboxylic acids is 3. The third kappa shape index (κ3) is 8.54.